The highest BCUT2D eigenvalue weighted by atomic mass is 79.9. The molecule has 21 heavy (non-hydrogen) atoms. The lowest BCUT2D eigenvalue weighted by Gasteiger charge is -2.10. The zero-order chi connectivity index (χ0) is 15.4. The van der Waals surface area contributed by atoms with Crippen molar-refractivity contribution >= 4 is 51.2 Å². The minimum absolute atomic E-state index is 0.443. The molecule has 0 aliphatic carbocycles. The summed E-state index contributed by atoms with van der Waals surface area (Å²) in [6.45, 7) is 0. The van der Waals surface area contributed by atoms with Gasteiger partial charge in [-0.05, 0) is 51.8 Å². The van der Waals surface area contributed by atoms with E-state index in [1.165, 1.54) is 6.08 Å². The number of benzene rings is 2. The van der Waals surface area contributed by atoms with E-state index in [1.807, 2.05) is 0 Å². The van der Waals surface area contributed by atoms with Crippen LogP contribution >= 0.6 is 39.1 Å². The van der Waals surface area contributed by atoms with E-state index in [4.69, 9.17) is 33.0 Å². The van der Waals surface area contributed by atoms with Crippen LogP contribution in [0.5, 0.6) is 11.5 Å². The van der Waals surface area contributed by atoms with E-state index in [1.54, 1.807) is 36.4 Å². The smallest absolute Gasteiger partial charge is 0.328 e. The number of hydrogen-bond acceptors (Lipinski definition) is 2. The van der Waals surface area contributed by atoms with Gasteiger partial charge in [0.25, 0.3) is 0 Å². The van der Waals surface area contributed by atoms with Crippen molar-refractivity contribution < 1.29 is 14.6 Å². The highest BCUT2D eigenvalue weighted by Gasteiger charge is 2.07. The molecule has 108 valence electrons. The number of carbonyl (C=O) groups is 1. The Morgan fingerprint density at radius 2 is 1.90 bits per heavy atom. The molecule has 0 spiro atoms. The largest absolute Gasteiger partial charge is 0.478 e. The Kier molecular flexibility index (Phi) is 5.28. The Morgan fingerprint density at radius 3 is 2.57 bits per heavy atom. The van der Waals surface area contributed by atoms with Gasteiger partial charge >= 0.3 is 5.97 Å². The molecule has 2 aromatic carbocycles. The maximum absolute atomic E-state index is 10.5. The van der Waals surface area contributed by atoms with Gasteiger partial charge in [0.2, 0.25) is 0 Å². The molecule has 0 radical (unpaired) electrons. The average molecular weight is 388 g/mol. The zero-order valence-corrected chi connectivity index (χ0v) is 13.6. The van der Waals surface area contributed by atoms with E-state index in [-0.39, 0.29) is 0 Å². The van der Waals surface area contributed by atoms with E-state index in [2.05, 4.69) is 15.9 Å². The summed E-state index contributed by atoms with van der Waals surface area (Å²) >= 11 is 15.3. The lowest BCUT2D eigenvalue weighted by Crippen LogP contribution is -1.88. The van der Waals surface area contributed by atoms with Gasteiger partial charge < -0.3 is 9.84 Å². The minimum atomic E-state index is -1.00. The van der Waals surface area contributed by atoms with Gasteiger partial charge in [-0.15, -0.1) is 0 Å². The molecule has 2 rings (SSSR count). The Bertz CT molecular complexity index is 714. The van der Waals surface area contributed by atoms with E-state index >= 15 is 0 Å². The van der Waals surface area contributed by atoms with Crippen LogP contribution < -0.4 is 4.74 Å². The zero-order valence-electron chi connectivity index (χ0n) is 10.5. The van der Waals surface area contributed by atoms with Crippen LogP contribution in [0.4, 0.5) is 0 Å². The van der Waals surface area contributed by atoms with Gasteiger partial charge in [0.15, 0.2) is 0 Å². The van der Waals surface area contributed by atoms with Crippen LogP contribution in [0.1, 0.15) is 5.56 Å². The van der Waals surface area contributed by atoms with E-state index in [0.717, 1.165) is 11.6 Å². The molecule has 0 aliphatic heterocycles. The summed E-state index contributed by atoms with van der Waals surface area (Å²) in [7, 11) is 0. The van der Waals surface area contributed by atoms with Crippen LogP contribution in [0, 0.1) is 0 Å². The first-order valence-corrected chi connectivity index (χ1v) is 7.34. The predicted molar refractivity (Wildman–Crippen MR) is 87.3 cm³/mol. The number of rotatable bonds is 4. The molecule has 0 heterocycles. The molecule has 0 fully saturated rings. The molecule has 0 unspecified atom stereocenters. The molecular weight excluding hydrogens is 379 g/mol. The molecule has 0 amide bonds. The monoisotopic (exact) mass is 386 g/mol. The van der Waals surface area contributed by atoms with E-state index in [0.29, 0.717) is 26.0 Å². The number of hydrogen-bond donors (Lipinski definition) is 1. The highest BCUT2D eigenvalue weighted by Crippen LogP contribution is 2.35. The fourth-order valence-corrected chi connectivity index (χ4v) is 2.34. The van der Waals surface area contributed by atoms with Crippen molar-refractivity contribution in [1.29, 1.82) is 0 Å². The summed E-state index contributed by atoms with van der Waals surface area (Å²) in [5, 5.41) is 9.57. The van der Waals surface area contributed by atoms with Crippen LogP contribution in [0.3, 0.4) is 0 Å². The van der Waals surface area contributed by atoms with Crippen LogP contribution in [0.2, 0.25) is 10.0 Å². The van der Waals surface area contributed by atoms with Crippen molar-refractivity contribution in [1.82, 2.24) is 0 Å². The van der Waals surface area contributed by atoms with Crippen LogP contribution in [0.25, 0.3) is 6.08 Å². The first-order chi connectivity index (χ1) is 9.95. The van der Waals surface area contributed by atoms with Crippen molar-refractivity contribution in [2.75, 3.05) is 0 Å². The molecule has 0 saturated heterocycles. The maximum atomic E-state index is 10.5. The number of ether oxygens (including phenoxy) is 1. The first-order valence-electron chi connectivity index (χ1n) is 5.79. The topological polar surface area (TPSA) is 46.5 Å². The lowest BCUT2D eigenvalue weighted by molar-refractivity contribution is -0.131. The van der Waals surface area contributed by atoms with E-state index in [9.17, 15) is 4.79 Å². The van der Waals surface area contributed by atoms with Crippen molar-refractivity contribution in [3.63, 3.8) is 0 Å². The molecule has 6 heteroatoms. The highest BCUT2D eigenvalue weighted by molar-refractivity contribution is 9.10. The number of halogens is 3. The molecule has 0 atom stereocenters. The van der Waals surface area contributed by atoms with Crippen molar-refractivity contribution in [3.05, 3.63) is 62.6 Å². The molecule has 3 nitrogen and oxygen atoms in total. The van der Waals surface area contributed by atoms with Gasteiger partial charge in [0, 0.05) is 17.2 Å². The fourth-order valence-electron chi connectivity index (χ4n) is 1.54. The summed E-state index contributed by atoms with van der Waals surface area (Å²) in [6.07, 6.45) is 2.55. The minimum Gasteiger partial charge on any atom is -0.478 e. The van der Waals surface area contributed by atoms with Crippen molar-refractivity contribution in [2.24, 2.45) is 0 Å². The van der Waals surface area contributed by atoms with Crippen molar-refractivity contribution in [3.8, 4) is 11.5 Å². The van der Waals surface area contributed by atoms with Gasteiger partial charge in [0.1, 0.15) is 11.5 Å². The Hall–Kier alpha value is -1.49. The second kappa shape index (κ2) is 6.98. The molecule has 0 aromatic heterocycles. The summed E-state index contributed by atoms with van der Waals surface area (Å²) in [5.41, 5.74) is 0.730. The molecule has 0 bridgehead atoms. The van der Waals surface area contributed by atoms with Crippen LogP contribution in [-0.2, 0) is 4.79 Å². The number of carboxylic acid groups (broad SMARTS) is 1. The standard InChI is InChI=1S/C15H9BrCl2O3/c16-11-7-9(2-6-15(19)20)1-5-13(11)21-14-8-10(17)3-4-12(14)18/h1-8H,(H,19,20)/b6-2+. The second-order valence-electron chi connectivity index (χ2n) is 4.04. The third-order valence-electron chi connectivity index (χ3n) is 2.49. The third-order valence-corrected chi connectivity index (χ3v) is 3.65. The van der Waals surface area contributed by atoms with E-state index < -0.39 is 5.97 Å². The summed E-state index contributed by atoms with van der Waals surface area (Å²) in [5.74, 6) is -0.0116. The average Bonchev–Trinajstić information content (AvgIpc) is 2.43. The van der Waals surface area contributed by atoms with Gasteiger partial charge in [-0.25, -0.2) is 4.79 Å². The molecule has 1 N–H and O–H groups in total. The number of aliphatic carboxylic acids is 1. The van der Waals surface area contributed by atoms with Crippen LogP contribution in [0.15, 0.2) is 46.9 Å². The van der Waals surface area contributed by atoms with Gasteiger partial charge in [-0.1, -0.05) is 29.3 Å². The first kappa shape index (κ1) is 15.9. The molecule has 0 saturated carbocycles. The predicted octanol–water partition coefficient (Wildman–Crippen LogP) is 5.65. The lowest BCUT2D eigenvalue weighted by atomic mass is 10.2. The summed E-state index contributed by atoms with van der Waals surface area (Å²) in [6, 6.07) is 10.1. The Balaban J connectivity index is 2.25. The van der Waals surface area contributed by atoms with Gasteiger partial charge in [0.05, 0.1) is 9.50 Å². The summed E-state index contributed by atoms with van der Waals surface area (Å²) < 4.78 is 6.37. The normalized spacial score (nSPS) is 10.8. The van der Waals surface area contributed by atoms with Crippen LogP contribution in [-0.4, -0.2) is 11.1 Å². The second-order valence-corrected chi connectivity index (χ2v) is 5.74. The SMILES string of the molecule is O=C(O)/C=C/c1ccc(Oc2cc(Cl)ccc2Cl)c(Br)c1. The molecular formula is C15H9BrCl2O3. The van der Waals surface area contributed by atoms with Gasteiger partial charge in [-0.3, -0.25) is 0 Å². The number of carboxylic acids is 1. The molecule has 0 aliphatic rings. The third kappa shape index (κ3) is 4.49. The molecule has 2 aromatic rings. The van der Waals surface area contributed by atoms with Crippen molar-refractivity contribution in [2.45, 2.75) is 0 Å². The Labute approximate surface area is 139 Å². The fraction of sp³-hybridized carbons (Fsp3) is 0. The maximum Gasteiger partial charge on any atom is 0.328 e. The Morgan fingerprint density at radius 1 is 1.14 bits per heavy atom. The van der Waals surface area contributed by atoms with Gasteiger partial charge in [-0.2, -0.15) is 0 Å². The summed E-state index contributed by atoms with van der Waals surface area (Å²) in [4.78, 5) is 10.5. The quantitative estimate of drug-likeness (QED) is 0.690.